The van der Waals surface area contributed by atoms with Crippen LogP contribution >= 0.6 is 0 Å². The Morgan fingerprint density at radius 2 is 1.70 bits per heavy atom. The molecule has 0 saturated carbocycles. The van der Waals surface area contributed by atoms with Gasteiger partial charge in [-0.25, -0.2) is 8.42 Å². The van der Waals surface area contributed by atoms with Crippen molar-refractivity contribution in [3.63, 3.8) is 0 Å². The molecule has 0 unspecified atom stereocenters. The van der Waals surface area contributed by atoms with Gasteiger partial charge in [0.15, 0.2) is 0 Å². The van der Waals surface area contributed by atoms with E-state index in [4.69, 9.17) is 0 Å². The molecule has 0 aliphatic carbocycles. The van der Waals surface area contributed by atoms with Crippen molar-refractivity contribution in [1.82, 2.24) is 24.4 Å². The van der Waals surface area contributed by atoms with Gasteiger partial charge in [0.2, 0.25) is 15.9 Å². The maximum atomic E-state index is 13.2. The van der Waals surface area contributed by atoms with E-state index in [1.165, 1.54) is 10.5 Å². The van der Waals surface area contributed by atoms with Gasteiger partial charge in [0.1, 0.15) is 4.90 Å². The molecular formula is C21H23N5O3S. The van der Waals surface area contributed by atoms with Crippen LogP contribution < -0.4 is 0 Å². The second-order valence-electron chi connectivity index (χ2n) is 7.21. The first kappa shape index (κ1) is 20.2. The molecule has 0 bridgehead atoms. The summed E-state index contributed by atoms with van der Waals surface area (Å²) < 4.78 is 27.9. The van der Waals surface area contributed by atoms with Gasteiger partial charge in [0.25, 0.3) is 0 Å². The zero-order chi connectivity index (χ0) is 21.1. The van der Waals surface area contributed by atoms with E-state index in [9.17, 15) is 13.2 Å². The number of aromatic nitrogens is 3. The summed E-state index contributed by atoms with van der Waals surface area (Å²) in [6, 6.07) is 13.1. The second-order valence-corrected chi connectivity index (χ2v) is 9.11. The number of nitrogens with zero attached hydrogens (tertiary/aromatic N) is 4. The highest BCUT2D eigenvalue weighted by molar-refractivity contribution is 7.89. The van der Waals surface area contributed by atoms with Gasteiger partial charge in [0.05, 0.1) is 17.8 Å². The van der Waals surface area contributed by atoms with Crippen LogP contribution in [-0.4, -0.2) is 64.9 Å². The van der Waals surface area contributed by atoms with Gasteiger partial charge in [-0.2, -0.15) is 9.40 Å². The standard InChI is InChI=1S/C21H23N5O3S/c1-16(17-5-3-2-4-6-17)21(27)25-11-13-26(14-12-25)30(28,29)19-15-23-24-20(19)18-7-9-22-10-8-18/h2-10,15-16H,11-14H2,1H3,(H,23,24)/t16-/m0/s1. The van der Waals surface area contributed by atoms with Crippen LogP contribution in [0.3, 0.4) is 0 Å². The predicted molar refractivity (Wildman–Crippen MR) is 112 cm³/mol. The van der Waals surface area contributed by atoms with Crippen molar-refractivity contribution in [3.05, 3.63) is 66.6 Å². The average molecular weight is 426 g/mol. The molecule has 1 saturated heterocycles. The van der Waals surface area contributed by atoms with Gasteiger partial charge in [0, 0.05) is 44.1 Å². The number of piperazine rings is 1. The van der Waals surface area contributed by atoms with E-state index in [1.807, 2.05) is 37.3 Å². The molecule has 3 aromatic rings. The molecule has 0 radical (unpaired) electrons. The van der Waals surface area contributed by atoms with Gasteiger partial charge in [-0.1, -0.05) is 30.3 Å². The van der Waals surface area contributed by atoms with E-state index in [-0.39, 0.29) is 29.8 Å². The number of aromatic amines is 1. The smallest absolute Gasteiger partial charge is 0.246 e. The quantitative estimate of drug-likeness (QED) is 0.675. The third-order valence-corrected chi connectivity index (χ3v) is 7.32. The number of H-pyrrole nitrogens is 1. The predicted octanol–water partition coefficient (Wildman–Crippen LogP) is 2.11. The number of rotatable bonds is 5. The fourth-order valence-corrected chi connectivity index (χ4v) is 5.17. The Morgan fingerprint density at radius 3 is 2.37 bits per heavy atom. The number of hydrogen-bond acceptors (Lipinski definition) is 5. The van der Waals surface area contributed by atoms with E-state index < -0.39 is 10.0 Å². The van der Waals surface area contributed by atoms with Gasteiger partial charge >= 0.3 is 0 Å². The van der Waals surface area contributed by atoms with Gasteiger partial charge in [-0.15, -0.1) is 0 Å². The molecule has 1 N–H and O–H groups in total. The summed E-state index contributed by atoms with van der Waals surface area (Å²) in [5, 5.41) is 6.72. The Balaban J connectivity index is 1.47. The molecule has 30 heavy (non-hydrogen) atoms. The van der Waals surface area contributed by atoms with E-state index in [2.05, 4.69) is 15.2 Å². The van der Waals surface area contributed by atoms with Gasteiger partial charge in [-0.3, -0.25) is 14.9 Å². The van der Waals surface area contributed by atoms with Crippen molar-refractivity contribution in [2.24, 2.45) is 0 Å². The SMILES string of the molecule is C[C@H](C(=O)N1CCN(S(=O)(=O)c2cn[nH]c2-c2ccncc2)CC1)c1ccccc1. The molecular weight excluding hydrogens is 402 g/mol. The summed E-state index contributed by atoms with van der Waals surface area (Å²) in [5.41, 5.74) is 2.10. The van der Waals surface area contributed by atoms with Crippen LogP contribution in [0.1, 0.15) is 18.4 Å². The Hall–Kier alpha value is -3.04. The van der Waals surface area contributed by atoms with Crippen molar-refractivity contribution in [2.45, 2.75) is 17.7 Å². The van der Waals surface area contributed by atoms with E-state index >= 15 is 0 Å². The molecule has 9 heteroatoms. The Kier molecular flexibility index (Phi) is 5.65. The molecule has 1 fully saturated rings. The largest absolute Gasteiger partial charge is 0.340 e. The van der Waals surface area contributed by atoms with Crippen LogP contribution in [0.2, 0.25) is 0 Å². The van der Waals surface area contributed by atoms with Gasteiger partial charge < -0.3 is 4.90 Å². The van der Waals surface area contributed by atoms with Crippen LogP contribution in [0.15, 0.2) is 66.0 Å². The first-order chi connectivity index (χ1) is 14.5. The lowest BCUT2D eigenvalue weighted by Crippen LogP contribution is -2.51. The third kappa shape index (κ3) is 3.86. The Morgan fingerprint density at radius 1 is 1.03 bits per heavy atom. The number of amides is 1. The number of benzene rings is 1. The molecule has 1 aliphatic heterocycles. The van der Waals surface area contributed by atoms with Crippen LogP contribution in [0, 0.1) is 0 Å². The molecule has 1 aromatic carbocycles. The van der Waals surface area contributed by atoms with Crippen molar-refractivity contribution in [2.75, 3.05) is 26.2 Å². The minimum Gasteiger partial charge on any atom is -0.340 e. The van der Waals surface area contributed by atoms with Crippen LogP contribution in [0.25, 0.3) is 11.3 Å². The lowest BCUT2D eigenvalue weighted by Gasteiger charge is -2.35. The Bertz CT molecular complexity index is 1110. The highest BCUT2D eigenvalue weighted by Gasteiger charge is 2.34. The zero-order valence-electron chi connectivity index (χ0n) is 16.6. The third-order valence-electron chi connectivity index (χ3n) is 5.41. The number of carbonyl (C=O) groups excluding carboxylic acids is 1. The summed E-state index contributed by atoms with van der Waals surface area (Å²) in [6.45, 7) is 3.09. The first-order valence-electron chi connectivity index (χ1n) is 9.76. The summed E-state index contributed by atoms with van der Waals surface area (Å²) >= 11 is 0. The van der Waals surface area contributed by atoms with Crippen molar-refractivity contribution in [3.8, 4) is 11.3 Å². The summed E-state index contributed by atoms with van der Waals surface area (Å²) in [6.07, 6.45) is 4.54. The minimum absolute atomic E-state index is 0.0130. The molecule has 4 rings (SSSR count). The zero-order valence-corrected chi connectivity index (χ0v) is 17.4. The molecule has 156 valence electrons. The number of nitrogens with one attached hydrogen (secondary N) is 1. The van der Waals surface area contributed by atoms with Crippen LogP contribution in [0.4, 0.5) is 0 Å². The fraction of sp³-hybridized carbons (Fsp3) is 0.286. The van der Waals surface area contributed by atoms with E-state index in [0.29, 0.717) is 24.3 Å². The van der Waals surface area contributed by atoms with Crippen molar-refractivity contribution in [1.29, 1.82) is 0 Å². The molecule has 3 heterocycles. The van der Waals surface area contributed by atoms with Crippen LogP contribution in [-0.2, 0) is 14.8 Å². The fourth-order valence-electron chi connectivity index (χ4n) is 3.64. The lowest BCUT2D eigenvalue weighted by atomic mass is 9.99. The number of sulfonamides is 1. The lowest BCUT2D eigenvalue weighted by molar-refractivity contribution is -0.133. The van der Waals surface area contributed by atoms with Gasteiger partial charge in [-0.05, 0) is 24.6 Å². The van der Waals surface area contributed by atoms with E-state index in [1.54, 1.807) is 29.4 Å². The Labute approximate surface area is 175 Å². The summed E-state index contributed by atoms with van der Waals surface area (Å²) in [4.78, 5) is 18.7. The normalized spacial score (nSPS) is 16.4. The topological polar surface area (TPSA) is 99.3 Å². The average Bonchev–Trinajstić information content (AvgIpc) is 3.30. The molecule has 1 amide bonds. The monoisotopic (exact) mass is 425 g/mol. The molecule has 0 spiro atoms. The highest BCUT2D eigenvalue weighted by atomic mass is 32.2. The van der Waals surface area contributed by atoms with E-state index in [0.717, 1.165) is 5.56 Å². The maximum Gasteiger partial charge on any atom is 0.246 e. The number of hydrogen-bond donors (Lipinski definition) is 1. The maximum absolute atomic E-state index is 13.2. The van der Waals surface area contributed by atoms with Crippen molar-refractivity contribution < 1.29 is 13.2 Å². The molecule has 2 aromatic heterocycles. The number of carbonyl (C=O) groups is 1. The van der Waals surface area contributed by atoms with Crippen LogP contribution in [0.5, 0.6) is 0 Å². The highest BCUT2D eigenvalue weighted by Crippen LogP contribution is 2.28. The summed E-state index contributed by atoms with van der Waals surface area (Å²) in [5.74, 6) is -0.249. The molecule has 1 atom stereocenters. The first-order valence-corrected chi connectivity index (χ1v) is 11.2. The summed E-state index contributed by atoms with van der Waals surface area (Å²) in [7, 11) is -3.74. The molecule has 8 nitrogen and oxygen atoms in total. The minimum atomic E-state index is -3.74. The second kappa shape index (κ2) is 8.37. The molecule has 1 aliphatic rings. The van der Waals surface area contributed by atoms with Crippen molar-refractivity contribution >= 4 is 15.9 Å². The number of pyridine rings is 1.